The van der Waals surface area contributed by atoms with Crippen molar-refractivity contribution < 1.29 is 9.53 Å². The van der Waals surface area contributed by atoms with Crippen LogP contribution in [-0.4, -0.2) is 18.0 Å². The molecule has 0 bridgehead atoms. The van der Waals surface area contributed by atoms with Crippen LogP contribution in [0.2, 0.25) is 0 Å². The van der Waals surface area contributed by atoms with Crippen molar-refractivity contribution in [3.8, 4) is 5.75 Å². The molecule has 5 heteroatoms. The number of aromatic nitrogens is 1. The van der Waals surface area contributed by atoms with Crippen molar-refractivity contribution >= 4 is 28.9 Å². The van der Waals surface area contributed by atoms with Crippen molar-refractivity contribution in [3.05, 3.63) is 41.7 Å². The van der Waals surface area contributed by atoms with Gasteiger partial charge in [-0.25, -0.2) is 0 Å². The van der Waals surface area contributed by atoms with Crippen LogP contribution in [-0.2, 0) is 4.79 Å². The highest BCUT2D eigenvalue weighted by molar-refractivity contribution is 6.35. The Balaban J connectivity index is 2.11. The number of nitrogens with two attached hydrogens (primary N) is 1. The number of methoxy groups -OCH3 is 1. The summed E-state index contributed by atoms with van der Waals surface area (Å²) in [6.07, 6.45) is 3.53. The second kappa shape index (κ2) is 4.20. The maximum Gasteiger partial charge on any atom is 0.256 e. The van der Waals surface area contributed by atoms with Gasteiger partial charge in [-0.3, -0.25) is 4.79 Å². The predicted octanol–water partition coefficient (Wildman–Crippen LogP) is 2.10. The number of ether oxygens (including phenoxy) is 1. The summed E-state index contributed by atoms with van der Waals surface area (Å²) in [6.45, 7) is 0. The van der Waals surface area contributed by atoms with Gasteiger partial charge in [0.1, 0.15) is 5.75 Å². The minimum atomic E-state index is -0.141. The standard InChI is InChI=1S/C14H13N3O2/c1-19-13-4-5-16-12(13)7-10-9-6-8(15)2-3-11(9)17-14(10)18/h2-7,16H,15H2,1H3,(H,17,18). The molecule has 2 aromatic rings. The van der Waals surface area contributed by atoms with Crippen molar-refractivity contribution in [3.63, 3.8) is 0 Å². The predicted molar refractivity (Wildman–Crippen MR) is 74.7 cm³/mol. The first-order valence-electron chi connectivity index (χ1n) is 5.83. The van der Waals surface area contributed by atoms with Crippen LogP contribution in [0.1, 0.15) is 11.3 Å². The number of H-pyrrole nitrogens is 1. The molecular weight excluding hydrogens is 242 g/mol. The lowest BCUT2D eigenvalue weighted by Crippen LogP contribution is -2.03. The fourth-order valence-corrected chi connectivity index (χ4v) is 2.15. The van der Waals surface area contributed by atoms with Crippen molar-refractivity contribution in [2.24, 2.45) is 0 Å². The Labute approximate surface area is 110 Å². The molecule has 1 amide bonds. The maximum atomic E-state index is 12.0. The molecule has 0 unspecified atom stereocenters. The van der Waals surface area contributed by atoms with E-state index in [0.717, 1.165) is 16.9 Å². The molecule has 3 rings (SSSR count). The molecule has 1 aromatic carbocycles. The summed E-state index contributed by atoms with van der Waals surface area (Å²) in [5.41, 5.74) is 9.30. The molecule has 0 saturated heterocycles. The number of amides is 1. The molecule has 0 fully saturated rings. The summed E-state index contributed by atoms with van der Waals surface area (Å²) < 4.78 is 5.21. The summed E-state index contributed by atoms with van der Waals surface area (Å²) in [6, 6.07) is 7.15. The lowest BCUT2D eigenvalue weighted by molar-refractivity contribution is -0.110. The maximum absolute atomic E-state index is 12.0. The Morgan fingerprint density at radius 1 is 1.32 bits per heavy atom. The van der Waals surface area contributed by atoms with E-state index in [1.54, 1.807) is 43.6 Å². The monoisotopic (exact) mass is 255 g/mol. The van der Waals surface area contributed by atoms with E-state index in [0.29, 0.717) is 17.0 Å². The third-order valence-corrected chi connectivity index (χ3v) is 3.07. The number of aromatic amines is 1. The number of rotatable bonds is 2. The first-order chi connectivity index (χ1) is 9.19. The lowest BCUT2D eigenvalue weighted by Gasteiger charge is -2.01. The van der Waals surface area contributed by atoms with Crippen molar-refractivity contribution in [2.75, 3.05) is 18.2 Å². The lowest BCUT2D eigenvalue weighted by atomic mass is 10.1. The zero-order valence-corrected chi connectivity index (χ0v) is 10.4. The van der Waals surface area contributed by atoms with Crippen LogP contribution in [0.15, 0.2) is 30.5 Å². The SMILES string of the molecule is COc1cc[nH]c1C=C1C(=O)Nc2ccc(N)cc21. The van der Waals surface area contributed by atoms with Crippen LogP contribution in [0.5, 0.6) is 5.75 Å². The number of nitrogens with one attached hydrogen (secondary N) is 2. The van der Waals surface area contributed by atoms with Gasteiger partial charge in [0.25, 0.3) is 5.91 Å². The number of nitrogen functional groups attached to an aromatic ring is 1. The van der Waals surface area contributed by atoms with E-state index in [9.17, 15) is 4.79 Å². The smallest absolute Gasteiger partial charge is 0.256 e. The average molecular weight is 255 g/mol. The Morgan fingerprint density at radius 3 is 2.95 bits per heavy atom. The fraction of sp³-hybridized carbons (Fsp3) is 0.0714. The van der Waals surface area contributed by atoms with Crippen molar-refractivity contribution in [1.82, 2.24) is 4.98 Å². The Hall–Kier alpha value is -2.69. The minimum absolute atomic E-state index is 0.141. The zero-order chi connectivity index (χ0) is 13.4. The molecule has 0 spiro atoms. The van der Waals surface area contributed by atoms with Gasteiger partial charge in [0.15, 0.2) is 0 Å². The summed E-state index contributed by atoms with van der Waals surface area (Å²) in [4.78, 5) is 15.0. The topological polar surface area (TPSA) is 80.1 Å². The van der Waals surface area contributed by atoms with Crippen LogP contribution >= 0.6 is 0 Å². The normalized spacial score (nSPS) is 15.4. The number of carbonyl (C=O) groups excluding carboxylic acids is 1. The van der Waals surface area contributed by atoms with E-state index in [1.807, 2.05) is 0 Å². The van der Waals surface area contributed by atoms with Gasteiger partial charge in [0, 0.05) is 23.1 Å². The third-order valence-electron chi connectivity index (χ3n) is 3.07. The molecular formula is C14H13N3O2. The third kappa shape index (κ3) is 1.85. The highest BCUT2D eigenvalue weighted by Gasteiger charge is 2.24. The first-order valence-corrected chi connectivity index (χ1v) is 5.83. The number of carbonyl (C=O) groups is 1. The molecule has 1 aliphatic rings. The van der Waals surface area contributed by atoms with E-state index in [4.69, 9.17) is 10.5 Å². The quantitative estimate of drug-likeness (QED) is 0.568. The number of fused-ring (bicyclic) bond motifs is 1. The van der Waals surface area contributed by atoms with E-state index >= 15 is 0 Å². The molecule has 1 aromatic heterocycles. The number of benzene rings is 1. The molecule has 0 atom stereocenters. The van der Waals surface area contributed by atoms with Gasteiger partial charge in [0.2, 0.25) is 0 Å². The molecule has 1 aliphatic heterocycles. The van der Waals surface area contributed by atoms with Crippen LogP contribution < -0.4 is 15.8 Å². The van der Waals surface area contributed by atoms with Crippen LogP contribution in [0.25, 0.3) is 11.6 Å². The van der Waals surface area contributed by atoms with Crippen LogP contribution in [0, 0.1) is 0 Å². The van der Waals surface area contributed by atoms with E-state index in [-0.39, 0.29) is 5.91 Å². The highest BCUT2D eigenvalue weighted by atomic mass is 16.5. The molecule has 0 radical (unpaired) electrons. The zero-order valence-electron chi connectivity index (χ0n) is 10.4. The second-order valence-electron chi connectivity index (χ2n) is 4.28. The molecule has 19 heavy (non-hydrogen) atoms. The summed E-state index contributed by atoms with van der Waals surface area (Å²) >= 11 is 0. The number of anilines is 2. The fourth-order valence-electron chi connectivity index (χ4n) is 2.15. The minimum Gasteiger partial charge on any atom is -0.495 e. The van der Waals surface area contributed by atoms with E-state index in [2.05, 4.69) is 10.3 Å². The van der Waals surface area contributed by atoms with E-state index < -0.39 is 0 Å². The van der Waals surface area contributed by atoms with Crippen LogP contribution in [0.3, 0.4) is 0 Å². The van der Waals surface area contributed by atoms with Crippen LogP contribution in [0.4, 0.5) is 11.4 Å². The first kappa shape index (κ1) is 11.4. The molecule has 96 valence electrons. The van der Waals surface area contributed by atoms with Crippen molar-refractivity contribution in [1.29, 1.82) is 0 Å². The van der Waals surface area contributed by atoms with Gasteiger partial charge < -0.3 is 20.8 Å². The molecule has 0 aliphatic carbocycles. The van der Waals surface area contributed by atoms with Gasteiger partial charge in [-0.1, -0.05) is 0 Å². The summed E-state index contributed by atoms with van der Waals surface area (Å²) in [5.74, 6) is 0.551. The van der Waals surface area contributed by atoms with E-state index in [1.165, 1.54) is 0 Å². The Morgan fingerprint density at radius 2 is 2.16 bits per heavy atom. The second-order valence-corrected chi connectivity index (χ2v) is 4.28. The van der Waals surface area contributed by atoms with Gasteiger partial charge in [-0.05, 0) is 30.3 Å². The Kier molecular flexibility index (Phi) is 2.52. The molecule has 0 saturated carbocycles. The Bertz CT molecular complexity index is 686. The van der Waals surface area contributed by atoms with Gasteiger partial charge in [-0.2, -0.15) is 0 Å². The van der Waals surface area contributed by atoms with Gasteiger partial charge in [0.05, 0.1) is 18.4 Å². The van der Waals surface area contributed by atoms with Gasteiger partial charge >= 0.3 is 0 Å². The highest BCUT2D eigenvalue weighted by Crippen LogP contribution is 2.35. The molecule has 5 nitrogen and oxygen atoms in total. The summed E-state index contributed by atoms with van der Waals surface area (Å²) in [7, 11) is 1.59. The molecule has 4 N–H and O–H groups in total. The number of hydrogen-bond acceptors (Lipinski definition) is 3. The molecule has 2 heterocycles. The largest absolute Gasteiger partial charge is 0.495 e. The van der Waals surface area contributed by atoms with Crippen molar-refractivity contribution in [2.45, 2.75) is 0 Å². The number of hydrogen-bond donors (Lipinski definition) is 3. The average Bonchev–Trinajstić information content (AvgIpc) is 2.96. The van der Waals surface area contributed by atoms with Gasteiger partial charge in [-0.15, -0.1) is 0 Å². The summed E-state index contributed by atoms with van der Waals surface area (Å²) in [5, 5.41) is 2.81.